The maximum absolute atomic E-state index is 13.9. The van der Waals surface area contributed by atoms with Gasteiger partial charge in [-0.05, 0) is 35.2 Å². The summed E-state index contributed by atoms with van der Waals surface area (Å²) in [6.45, 7) is -1.07. The summed E-state index contributed by atoms with van der Waals surface area (Å²) in [5, 5.41) is 21.1. The Kier molecular flexibility index (Phi) is 10.8. The average Bonchev–Trinajstić information content (AvgIpc) is 3.69. The number of aliphatic carboxylic acids is 1. The monoisotopic (exact) mass is 651 g/mol. The second-order valence-electron chi connectivity index (χ2n) is 11.4. The number of H-pyrrole nitrogens is 2. The van der Waals surface area contributed by atoms with Gasteiger partial charge in [0.25, 0.3) is 0 Å². The van der Waals surface area contributed by atoms with Crippen molar-refractivity contribution in [1.29, 1.82) is 0 Å². The molecule has 248 valence electrons. The van der Waals surface area contributed by atoms with Gasteiger partial charge in [-0.1, -0.05) is 66.7 Å². The van der Waals surface area contributed by atoms with Crippen molar-refractivity contribution >= 4 is 51.4 Å². The smallest absolute Gasteiger partial charge is 0.322 e. The van der Waals surface area contributed by atoms with E-state index in [2.05, 4.69) is 31.2 Å². The van der Waals surface area contributed by atoms with Crippen LogP contribution in [0.5, 0.6) is 0 Å². The molecule has 0 aliphatic heterocycles. The lowest BCUT2D eigenvalue weighted by atomic mass is 10.0. The highest BCUT2D eigenvalue weighted by molar-refractivity contribution is 5.95. The average molecular weight is 652 g/mol. The predicted molar refractivity (Wildman–Crippen MR) is 180 cm³/mol. The van der Waals surface area contributed by atoms with Crippen molar-refractivity contribution < 1.29 is 29.1 Å². The van der Waals surface area contributed by atoms with Crippen LogP contribution in [0.4, 0.5) is 0 Å². The fourth-order valence-corrected chi connectivity index (χ4v) is 5.52. The fraction of sp³-hybridized carbons (Fsp3) is 0.229. The van der Waals surface area contributed by atoms with Crippen LogP contribution in [0.1, 0.15) is 16.7 Å². The Bertz CT molecular complexity index is 1920. The summed E-state index contributed by atoms with van der Waals surface area (Å²) in [6.07, 6.45) is 3.85. The molecule has 2 heterocycles. The summed E-state index contributed by atoms with van der Waals surface area (Å²) < 4.78 is 0. The Labute approximate surface area is 275 Å². The summed E-state index contributed by atoms with van der Waals surface area (Å²) >= 11 is 0. The molecular formula is C35H37N7O6. The quantitative estimate of drug-likeness (QED) is 0.0830. The van der Waals surface area contributed by atoms with Crippen LogP contribution in [0, 0.1) is 0 Å². The van der Waals surface area contributed by atoms with Gasteiger partial charge >= 0.3 is 5.97 Å². The van der Waals surface area contributed by atoms with Crippen LogP contribution < -0.4 is 27.0 Å². The number of carbonyl (C=O) groups excluding carboxylic acids is 4. The van der Waals surface area contributed by atoms with Crippen molar-refractivity contribution in [2.24, 2.45) is 5.73 Å². The van der Waals surface area contributed by atoms with E-state index in [-0.39, 0.29) is 19.3 Å². The van der Waals surface area contributed by atoms with E-state index in [4.69, 9.17) is 10.8 Å². The van der Waals surface area contributed by atoms with Crippen molar-refractivity contribution in [2.45, 2.75) is 37.4 Å². The minimum absolute atomic E-state index is 0.0460. The zero-order valence-electron chi connectivity index (χ0n) is 26.0. The largest absolute Gasteiger partial charge is 0.480 e. The van der Waals surface area contributed by atoms with Gasteiger partial charge in [0.05, 0.1) is 12.6 Å². The molecule has 0 radical (unpaired) electrons. The van der Waals surface area contributed by atoms with Crippen molar-refractivity contribution in [3.8, 4) is 0 Å². The Hall–Kier alpha value is -5.95. The maximum Gasteiger partial charge on any atom is 0.322 e. The standard InChI is InChI=1S/C35H37N7O6/c36-26(14-21-8-2-1-3-9-21)33(46)39-19-31(43)41-30(16-23-18-38-28-13-7-5-11-25(23)28)35(48)42-29(34(47)40-20-32(44)45)15-22-17-37-27-12-6-4-10-24(22)27/h1-13,17-18,26,29-30,37-38H,14-16,19-20,36H2,(H,39,46)(H,40,47)(H,41,43)(H,42,48)(H,44,45)/t26-,29-,30-/m0/s1. The van der Waals surface area contributed by atoms with E-state index in [0.29, 0.717) is 0 Å². The molecule has 3 atom stereocenters. The highest BCUT2D eigenvalue weighted by Crippen LogP contribution is 2.21. The van der Waals surface area contributed by atoms with Gasteiger partial charge in [0.2, 0.25) is 23.6 Å². The molecule has 0 unspecified atom stereocenters. The number of benzene rings is 3. The van der Waals surface area contributed by atoms with Crippen LogP contribution in [0.3, 0.4) is 0 Å². The number of carbonyl (C=O) groups is 5. The van der Waals surface area contributed by atoms with Crippen molar-refractivity contribution in [3.63, 3.8) is 0 Å². The summed E-state index contributed by atoms with van der Waals surface area (Å²) in [5.74, 6) is -3.78. The highest BCUT2D eigenvalue weighted by Gasteiger charge is 2.29. The van der Waals surface area contributed by atoms with Crippen LogP contribution >= 0.6 is 0 Å². The third-order valence-corrected chi connectivity index (χ3v) is 7.95. The van der Waals surface area contributed by atoms with Gasteiger partial charge in [-0.3, -0.25) is 24.0 Å². The number of aromatic amines is 2. The van der Waals surface area contributed by atoms with Crippen LogP contribution in [-0.2, 0) is 43.2 Å². The van der Waals surface area contributed by atoms with Crippen molar-refractivity contribution in [2.75, 3.05) is 13.1 Å². The molecule has 0 saturated carbocycles. The zero-order valence-corrected chi connectivity index (χ0v) is 26.0. The van der Waals surface area contributed by atoms with E-state index >= 15 is 0 Å². The molecule has 5 rings (SSSR count). The van der Waals surface area contributed by atoms with E-state index < -0.39 is 60.8 Å². The van der Waals surface area contributed by atoms with E-state index in [1.165, 1.54) is 0 Å². The first-order chi connectivity index (χ1) is 23.2. The second-order valence-corrected chi connectivity index (χ2v) is 11.4. The van der Waals surface area contributed by atoms with Gasteiger partial charge in [0.1, 0.15) is 18.6 Å². The van der Waals surface area contributed by atoms with Crippen molar-refractivity contribution in [1.82, 2.24) is 31.2 Å². The number of aromatic nitrogens is 2. The number of amides is 4. The van der Waals surface area contributed by atoms with E-state index in [9.17, 15) is 24.0 Å². The number of carboxylic acid groups (broad SMARTS) is 1. The van der Waals surface area contributed by atoms with Crippen LogP contribution in [0.2, 0.25) is 0 Å². The zero-order chi connectivity index (χ0) is 34.0. The molecule has 48 heavy (non-hydrogen) atoms. The molecule has 13 heteroatoms. The highest BCUT2D eigenvalue weighted by atomic mass is 16.4. The summed E-state index contributed by atoms with van der Waals surface area (Å²) in [6, 6.07) is 20.9. The molecule has 13 nitrogen and oxygen atoms in total. The van der Waals surface area contributed by atoms with E-state index in [1.807, 2.05) is 78.9 Å². The number of nitrogens with one attached hydrogen (secondary N) is 6. The second kappa shape index (κ2) is 15.6. The van der Waals surface area contributed by atoms with Crippen LogP contribution in [0.15, 0.2) is 91.3 Å². The summed E-state index contributed by atoms with van der Waals surface area (Å²) in [4.78, 5) is 70.4. The molecule has 0 saturated heterocycles. The Balaban J connectivity index is 1.32. The lowest BCUT2D eigenvalue weighted by molar-refractivity contribution is -0.138. The maximum atomic E-state index is 13.9. The van der Waals surface area contributed by atoms with Crippen LogP contribution in [-0.4, -0.2) is 75.9 Å². The van der Waals surface area contributed by atoms with Gasteiger partial charge in [-0.15, -0.1) is 0 Å². The number of carboxylic acids is 1. The normalized spacial score (nSPS) is 12.9. The first kappa shape index (κ1) is 33.4. The molecule has 3 aromatic carbocycles. The minimum atomic E-state index is -1.24. The lowest BCUT2D eigenvalue weighted by Gasteiger charge is -2.23. The Morgan fingerprint density at radius 3 is 1.73 bits per heavy atom. The minimum Gasteiger partial charge on any atom is -0.480 e. The van der Waals surface area contributed by atoms with Gasteiger partial charge in [-0.2, -0.15) is 0 Å². The van der Waals surface area contributed by atoms with Gasteiger partial charge in [-0.25, -0.2) is 0 Å². The molecule has 9 N–H and O–H groups in total. The molecule has 2 aromatic heterocycles. The number of fused-ring (bicyclic) bond motifs is 2. The predicted octanol–water partition coefficient (Wildman–Crippen LogP) is 1.29. The van der Waals surface area contributed by atoms with Gasteiger partial charge in [0.15, 0.2) is 0 Å². The molecule has 4 amide bonds. The third-order valence-electron chi connectivity index (χ3n) is 7.95. The Morgan fingerprint density at radius 2 is 1.15 bits per heavy atom. The number of hydrogen-bond donors (Lipinski definition) is 8. The molecule has 0 aliphatic rings. The molecule has 5 aromatic rings. The fourth-order valence-electron chi connectivity index (χ4n) is 5.52. The number of rotatable bonds is 15. The number of nitrogens with two attached hydrogens (primary N) is 1. The van der Waals surface area contributed by atoms with E-state index in [0.717, 1.165) is 38.5 Å². The topological polar surface area (TPSA) is 211 Å². The van der Waals surface area contributed by atoms with E-state index in [1.54, 1.807) is 12.4 Å². The molecular weight excluding hydrogens is 614 g/mol. The van der Waals surface area contributed by atoms with Gasteiger partial charge < -0.3 is 42.1 Å². The Morgan fingerprint density at radius 1 is 0.625 bits per heavy atom. The molecule has 0 bridgehead atoms. The van der Waals surface area contributed by atoms with Crippen molar-refractivity contribution in [3.05, 3.63) is 108 Å². The number of hydrogen-bond acceptors (Lipinski definition) is 6. The molecule has 0 spiro atoms. The molecule has 0 aliphatic carbocycles. The SMILES string of the molecule is N[C@@H](Cc1ccccc1)C(=O)NCC(=O)N[C@@H](Cc1c[nH]c2ccccc12)C(=O)N[C@@H](Cc1c[nH]c2ccccc12)C(=O)NCC(=O)O. The first-order valence-electron chi connectivity index (χ1n) is 15.4. The first-order valence-corrected chi connectivity index (χ1v) is 15.4. The van der Waals surface area contributed by atoms with Crippen LogP contribution in [0.25, 0.3) is 21.8 Å². The van der Waals surface area contributed by atoms with Gasteiger partial charge in [0, 0.05) is 47.0 Å². The summed E-state index contributed by atoms with van der Waals surface area (Å²) in [5.41, 5.74) is 10.1. The molecule has 0 fully saturated rings. The lowest BCUT2D eigenvalue weighted by Crippen LogP contribution is -2.56. The summed E-state index contributed by atoms with van der Waals surface area (Å²) in [7, 11) is 0. The number of para-hydroxylation sites is 2. The third kappa shape index (κ3) is 8.65.